The monoisotopic (exact) mass is 193 g/mol. The van der Waals surface area contributed by atoms with Crippen LogP contribution in [0.1, 0.15) is 18.4 Å². The first kappa shape index (κ1) is 9.66. The lowest BCUT2D eigenvalue weighted by molar-refractivity contribution is 0.617. The Balaban J connectivity index is 1.68. The van der Waals surface area contributed by atoms with Gasteiger partial charge in [-0.1, -0.05) is 12.1 Å². The third-order valence-electron chi connectivity index (χ3n) is 2.61. The van der Waals surface area contributed by atoms with E-state index in [4.69, 9.17) is 0 Å². The lowest BCUT2D eigenvalue weighted by Gasteiger charge is -2.03. The van der Waals surface area contributed by atoms with Gasteiger partial charge in [0.05, 0.1) is 0 Å². The second-order valence-electron chi connectivity index (χ2n) is 4.03. The summed E-state index contributed by atoms with van der Waals surface area (Å²) >= 11 is 0. The normalized spacial score (nSPS) is 15.8. The number of rotatable bonds is 5. The molecule has 0 saturated heterocycles. The molecule has 76 valence electrons. The molecule has 2 heteroatoms. The van der Waals surface area contributed by atoms with E-state index in [9.17, 15) is 4.39 Å². The summed E-state index contributed by atoms with van der Waals surface area (Å²) in [5.41, 5.74) is 1.08. The van der Waals surface area contributed by atoms with Gasteiger partial charge in [0.1, 0.15) is 5.82 Å². The highest BCUT2D eigenvalue weighted by molar-refractivity contribution is 5.16. The van der Waals surface area contributed by atoms with Gasteiger partial charge < -0.3 is 5.32 Å². The standard InChI is InChI=1S/C12H16FN/c13-12-3-1-2-10(8-12)6-7-14-9-11-4-5-11/h1-3,8,11,14H,4-7,9H2. The molecule has 1 aromatic rings. The number of benzene rings is 1. The van der Waals surface area contributed by atoms with Crippen LogP contribution >= 0.6 is 0 Å². The van der Waals surface area contributed by atoms with Crippen LogP contribution in [-0.2, 0) is 6.42 Å². The number of nitrogens with one attached hydrogen (secondary N) is 1. The van der Waals surface area contributed by atoms with Crippen LogP contribution in [-0.4, -0.2) is 13.1 Å². The molecule has 2 rings (SSSR count). The fourth-order valence-electron chi connectivity index (χ4n) is 1.55. The minimum atomic E-state index is -0.135. The molecule has 0 aliphatic heterocycles. The van der Waals surface area contributed by atoms with Crippen molar-refractivity contribution in [3.63, 3.8) is 0 Å². The predicted molar refractivity (Wildman–Crippen MR) is 55.7 cm³/mol. The molecule has 1 aliphatic carbocycles. The Kier molecular flexibility index (Phi) is 3.14. The summed E-state index contributed by atoms with van der Waals surface area (Å²) in [7, 11) is 0. The summed E-state index contributed by atoms with van der Waals surface area (Å²) in [5, 5.41) is 3.39. The van der Waals surface area contributed by atoms with Crippen molar-refractivity contribution in [3.8, 4) is 0 Å². The minimum absolute atomic E-state index is 0.135. The van der Waals surface area contributed by atoms with Gasteiger partial charge >= 0.3 is 0 Å². The van der Waals surface area contributed by atoms with Crippen molar-refractivity contribution in [2.24, 2.45) is 5.92 Å². The van der Waals surface area contributed by atoms with E-state index in [0.717, 1.165) is 31.0 Å². The highest BCUT2D eigenvalue weighted by Gasteiger charge is 2.19. The van der Waals surface area contributed by atoms with Crippen molar-refractivity contribution >= 4 is 0 Å². The van der Waals surface area contributed by atoms with Crippen LogP contribution in [0.3, 0.4) is 0 Å². The second-order valence-corrected chi connectivity index (χ2v) is 4.03. The largest absolute Gasteiger partial charge is 0.316 e. The molecule has 0 amide bonds. The summed E-state index contributed by atoms with van der Waals surface area (Å²) in [4.78, 5) is 0. The van der Waals surface area contributed by atoms with E-state index < -0.39 is 0 Å². The first-order chi connectivity index (χ1) is 6.84. The summed E-state index contributed by atoms with van der Waals surface area (Å²) in [6, 6.07) is 6.84. The van der Waals surface area contributed by atoms with Gasteiger partial charge in [0, 0.05) is 0 Å². The van der Waals surface area contributed by atoms with Gasteiger partial charge in [-0.05, 0) is 56.0 Å². The molecule has 1 aromatic carbocycles. The van der Waals surface area contributed by atoms with E-state index in [0.29, 0.717) is 0 Å². The van der Waals surface area contributed by atoms with Gasteiger partial charge in [-0.25, -0.2) is 4.39 Å². The predicted octanol–water partition coefficient (Wildman–Crippen LogP) is 2.37. The molecule has 0 heterocycles. The van der Waals surface area contributed by atoms with E-state index in [2.05, 4.69) is 5.32 Å². The Labute approximate surface area is 84.3 Å². The zero-order chi connectivity index (χ0) is 9.80. The maximum absolute atomic E-state index is 12.8. The molecule has 0 atom stereocenters. The molecule has 0 unspecified atom stereocenters. The Morgan fingerprint density at radius 3 is 2.93 bits per heavy atom. The SMILES string of the molecule is Fc1cccc(CCNCC2CC2)c1. The summed E-state index contributed by atoms with van der Waals surface area (Å²) in [5.74, 6) is 0.784. The summed E-state index contributed by atoms with van der Waals surface area (Å²) in [6.45, 7) is 2.09. The molecule has 1 saturated carbocycles. The molecular formula is C12H16FN. The molecule has 1 nitrogen and oxygen atoms in total. The Bertz CT molecular complexity index is 294. The highest BCUT2D eigenvalue weighted by atomic mass is 19.1. The zero-order valence-corrected chi connectivity index (χ0v) is 8.30. The van der Waals surface area contributed by atoms with E-state index in [1.54, 1.807) is 12.1 Å². The fourth-order valence-corrected chi connectivity index (χ4v) is 1.55. The van der Waals surface area contributed by atoms with Crippen molar-refractivity contribution in [1.29, 1.82) is 0 Å². The average molecular weight is 193 g/mol. The van der Waals surface area contributed by atoms with Crippen LogP contribution < -0.4 is 5.32 Å². The van der Waals surface area contributed by atoms with Crippen molar-refractivity contribution in [3.05, 3.63) is 35.6 Å². The quantitative estimate of drug-likeness (QED) is 0.708. The Morgan fingerprint density at radius 1 is 1.36 bits per heavy atom. The van der Waals surface area contributed by atoms with Crippen LogP contribution in [0.15, 0.2) is 24.3 Å². The van der Waals surface area contributed by atoms with Crippen LogP contribution in [0.25, 0.3) is 0 Å². The molecule has 0 radical (unpaired) electrons. The topological polar surface area (TPSA) is 12.0 Å². The van der Waals surface area contributed by atoms with Crippen LogP contribution in [0.5, 0.6) is 0 Å². The molecule has 0 bridgehead atoms. The molecule has 1 fully saturated rings. The first-order valence-corrected chi connectivity index (χ1v) is 5.30. The molecule has 1 aliphatic rings. The third kappa shape index (κ3) is 3.11. The minimum Gasteiger partial charge on any atom is -0.316 e. The van der Waals surface area contributed by atoms with E-state index >= 15 is 0 Å². The van der Waals surface area contributed by atoms with Crippen LogP contribution in [0.2, 0.25) is 0 Å². The Hall–Kier alpha value is -0.890. The first-order valence-electron chi connectivity index (χ1n) is 5.30. The van der Waals surface area contributed by atoms with Gasteiger partial charge in [-0.15, -0.1) is 0 Å². The maximum atomic E-state index is 12.8. The lowest BCUT2D eigenvalue weighted by Crippen LogP contribution is -2.19. The van der Waals surface area contributed by atoms with Crippen LogP contribution in [0, 0.1) is 11.7 Å². The molecule has 0 aromatic heterocycles. The average Bonchev–Trinajstić information content (AvgIpc) is 2.96. The van der Waals surface area contributed by atoms with E-state index in [-0.39, 0.29) is 5.82 Å². The van der Waals surface area contributed by atoms with Gasteiger partial charge in [0.25, 0.3) is 0 Å². The third-order valence-corrected chi connectivity index (χ3v) is 2.61. The van der Waals surface area contributed by atoms with Crippen molar-refractivity contribution in [2.75, 3.05) is 13.1 Å². The summed E-state index contributed by atoms with van der Waals surface area (Å²) in [6.07, 6.45) is 3.68. The lowest BCUT2D eigenvalue weighted by atomic mass is 10.1. The van der Waals surface area contributed by atoms with Crippen molar-refractivity contribution in [2.45, 2.75) is 19.3 Å². The molecule has 14 heavy (non-hydrogen) atoms. The number of halogens is 1. The van der Waals surface area contributed by atoms with Gasteiger partial charge in [-0.2, -0.15) is 0 Å². The highest BCUT2D eigenvalue weighted by Crippen LogP contribution is 2.27. The number of hydrogen-bond donors (Lipinski definition) is 1. The van der Waals surface area contributed by atoms with Crippen molar-refractivity contribution < 1.29 is 4.39 Å². The molecular weight excluding hydrogens is 177 g/mol. The Morgan fingerprint density at radius 2 is 2.21 bits per heavy atom. The number of hydrogen-bond acceptors (Lipinski definition) is 1. The smallest absolute Gasteiger partial charge is 0.123 e. The van der Waals surface area contributed by atoms with Gasteiger partial charge in [0.15, 0.2) is 0 Å². The zero-order valence-electron chi connectivity index (χ0n) is 8.30. The van der Waals surface area contributed by atoms with E-state index in [1.807, 2.05) is 6.07 Å². The van der Waals surface area contributed by atoms with Crippen LogP contribution in [0.4, 0.5) is 4.39 Å². The molecule has 0 spiro atoms. The summed E-state index contributed by atoms with van der Waals surface area (Å²) < 4.78 is 12.8. The molecule has 1 N–H and O–H groups in total. The fraction of sp³-hybridized carbons (Fsp3) is 0.500. The maximum Gasteiger partial charge on any atom is 0.123 e. The van der Waals surface area contributed by atoms with E-state index in [1.165, 1.54) is 18.9 Å². The van der Waals surface area contributed by atoms with Crippen molar-refractivity contribution in [1.82, 2.24) is 5.32 Å². The van der Waals surface area contributed by atoms with Gasteiger partial charge in [-0.3, -0.25) is 0 Å². The van der Waals surface area contributed by atoms with Gasteiger partial charge in [0.2, 0.25) is 0 Å². The second kappa shape index (κ2) is 4.56.